The van der Waals surface area contributed by atoms with Gasteiger partial charge >= 0.3 is 0 Å². The minimum Gasteiger partial charge on any atom is -0.758 e. The SMILES string of the molecule is CC1(c2ccccc2)CC(c2ccccc2)=CN1[O-]. The summed E-state index contributed by atoms with van der Waals surface area (Å²) >= 11 is 0. The Morgan fingerprint density at radius 1 is 0.947 bits per heavy atom. The molecule has 19 heavy (non-hydrogen) atoms. The zero-order valence-corrected chi connectivity index (χ0v) is 10.9. The Labute approximate surface area is 113 Å². The predicted molar refractivity (Wildman–Crippen MR) is 78.0 cm³/mol. The predicted octanol–water partition coefficient (Wildman–Crippen LogP) is 4.15. The van der Waals surface area contributed by atoms with E-state index >= 15 is 0 Å². The number of hydrogen-bond acceptors (Lipinski definition) is 2. The van der Waals surface area contributed by atoms with Crippen LogP contribution in [-0.4, -0.2) is 5.06 Å². The van der Waals surface area contributed by atoms with Gasteiger partial charge in [-0.05, 0) is 29.8 Å². The van der Waals surface area contributed by atoms with Crippen molar-refractivity contribution in [3.05, 3.63) is 83.2 Å². The fourth-order valence-electron chi connectivity index (χ4n) is 2.63. The third kappa shape index (κ3) is 2.04. The minimum absolute atomic E-state index is 0.494. The maximum atomic E-state index is 12.3. The molecule has 2 nitrogen and oxygen atoms in total. The summed E-state index contributed by atoms with van der Waals surface area (Å²) in [5.41, 5.74) is 2.80. The Hall–Kier alpha value is -2.06. The van der Waals surface area contributed by atoms with Gasteiger partial charge in [0.05, 0.1) is 5.54 Å². The average molecular weight is 250 g/mol. The number of rotatable bonds is 2. The minimum atomic E-state index is -0.494. The first-order valence-corrected chi connectivity index (χ1v) is 6.48. The second-order valence-electron chi connectivity index (χ2n) is 5.16. The van der Waals surface area contributed by atoms with E-state index in [1.807, 2.05) is 55.5 Å². The van der Waals surface area contributed by atoms with Crippen LogP contribution < -0.4 is 0 Å². The molecule has 3 rings (SSSR count). The van der Waals surface area contributed by atoms with Gasteiger partial charge in [0, 0.05) is 6.42 Å². The van der Waals surface area contributed by atoms with Crippen molar-refractivity contribution in [1.82, 2.24) is 5.06 Å². The second kappa shape index (κ2) is 4.56. The van der Waals surface area contributed by atoms with E-state index in [-0.39, 0.29) is 0 Å². The van der Waals surface area contributed by atoms with Crippen molar-refractivity contribution in [2.45, 2.75) is 18.9 Å². The molecule has 2 heteroatoms. The van der Waals surface area contributed by atoms with Crippen LogP contribution in [0.25, 0.3) is 5.57 Å². The molecule has 2 aromatic carbocycles. The van der Waals surface area contributed by atoms with E-state index in [1.54, 1.807) is 6.20 Å². The molecule has 0 N–H and O–H groups in total. The molecule has 0 aromatic heterocycles. The summed E-state index contributed by atoms with van der Waals surface area (Å²) in [6.45, 7) is 2.00. The second-order valence-corrected chi connectivity index (χ2v) is 5.16. The molecule has 0 amide bonds. The molecular formula is C17H16NO-. The molecule has 2 aromatic rings. The fraction of sp³-hybridized carbons (Fsp3) is 0.176. The van der Waals surface area contributed by atoms with Crippen LogP contribution in [0.5, 0.6) is 0 Å². The molecular weight excluding hydrogens is 234 g/mol. The van der Waals surface area contributed by atoms with Gasteiger partial charge in [-0.3, -0.25) is 0 Å². The molecule has 1 unspecified atom stereocenters. The van der Waals surface area contributed by atoms with Crippen molar-refractivity contribution < 1.29 is 0 Å². The molecule has 0 radical (unpaired) electrons. The maximum Gasteiger partial charge on any atom is 0.0554 e. The first kappa shape index (κ1) is 12.0. The van der Waals surface area contributed by atoms with Crippen LogP contribution in [0.3, 0.4) is 0 Å². The first-order valence-electron chi connectivity index (χ1n) is 6.48. The molecule has 0 aliphatic carbocycles. The van der Waals surface area contributed by atoms with Crippen LogP contribution in [0, 0.1) is 5.21 Å². The highest BCUT2D eigenvalue weighted by Gasteiger charge is 2.33. The summed E-state index contributed by atoms with van der Waals surface area (Å²) in [7, 11) is 0. The van der Waals surface area contributed by atoms with Gasteiger partial charge in [-0.15, -0.1) is 0 Å². The number of hydroxylamine groups is 2. The van der Waals surface area contributed by atoms with Crippen LogP contribution in [0.1, 0.15) is 24.5 Å². The summed E-state index contributed by atoms with van der Waals surface area (Å²) in [6, 6.07) is 20.1. The van der Waals surface area contributed by atoms with Crippen LogP contribution in [0.4, 0.5) is 0 Å². The smallest absolute Gasteiger partial charge is 0.0554 e. The Morgan fingerprint density at radius 3 is 2.16 bits per heavy atom. The van der Waals surface area contributed by atoms with Gasteiger partial charge in [-0.1, -0.05) is 60.7 Å². The molecule has 0 saturated carbocycles. The molecule has 1 atom stereocenters. The molecule has 96 valence electrons. The molecule has 0 spiro atoms. The van der Waals surface area contributed by atoms with Gasteiger partial charge in [0.15, 0.2) is 0 Å². The third-order valence-corrected chi connectivity index (χ3v) is 3.83. The Kier molecular flexibility index (Phi) is 2.88. The van der Waals surface area contributed by atoms with E-state index in [0.29, 0.717) is 0 Å². The highest BCUT2D eigenvalue weighted by molar-refractivity contribution is 5.69. The topological polar surface area (TPSA) is 26.3 Å². The number of benzene rings is 2. The van der Waals surface area contributed by atoms with Gasteiger partial charge in [0.1, 0.15) is 0 Å². The Balaban J connectivity index is 1.94. The van der Waals surface area contributed by atoms with Crippen molar-refractivity contribution in [3.63, 3.8) is 0 Å². The molecule has 1 heterocycles. The molecule has 1 aliphatic heterocycles. The number of hydrogen-bond donors (Lipinski definition) is 0. The fourth-order valence-corrected chi connectivity index (χ4v) is 2.63. The van der Waals surface area contributed by atoms with Gasteiger partial charge in [0.25, 0.3) is 0 Å². The monoisotopic (exact) mass is 250 g/mol. The summed E-state index contributed by atoms with van der Waals surface area (Å²) < 4.78 is 0. The van der Waals surface area contributed by atoms with Crippen LogP contribution >= 0.6 is 0 Å². The van der Waals surface area contributed by atoms with Crippen molar-refractivity contribution in [1.29, 1.82) is 0 Å². The van der Waals surface area contributed by atoms with E-state index in [0.717, 1.165) is 28.2 Å². The summed E-state index contributed by atoms with van der Waals surface area (Å²) in [5.74, 6) is 0. The lowest BCUT2D eigenvalue weighted by molar-refractivity contribution is 0.260. The van der Waals surface area contributed by atoms with E-state index in [9.17, 15) is 5.21 Å². The summed E-state index contributed by atoms with van der Waals surface area (Å²) in [5, 5.41) is 13.4. The number of nitrogens with zero attached hydrogens (tertiary/aromatic N) is 1. The lowest BCUT2D eigenvalue weighted by atomic mass is 9.86. The third-order valence-electron chi connectivity index (χ3n) is 3.83. The van der Waals surface area contributed by atoms with Gasteiger partial charge < -0.3 is 10.3 Å². The maximum absolute atomic E-state index is 12.3. The van der Waals surface area contributed by atoms with Gasteiger partial charge in [0.2, 0.25) is 0 Å². The lowest BCUT2D eigenvalue weighted by Crippen LogP contribution is -2.32. The zero-order valence-electron chi connectivity index (χ0n) is 10.9. The molecule has 0 saturated heterocycles. The van der Waals surface area contributed by atoms with Crippen molar-refractivity contribution in [2.24, 2.45) is 0 Å². The lowest BCUT2D eigenvalue weighted by Gasteiger charge is -2.42. The Morgan fingerprint density at radius 2 is 1.53 bits per heavy atom. The van der Waals surface area contributed by atoms with Crippen LogP contribution in [0.15, 0.2) is 66.9 Å². The van der Waals surface area contributed by atoms with Crippen molar-refractivity contribution in [2.75, 3.05) is 0 Å². The quantitative estimate of drug-likeness (QED) is 0.800. The van der Waals surface area contributed by atoms with Gasteiger partial charge in [-0.25, -0.2) is 0 Å². The van der Waals surface area contributed by atoms with Crippen LogP contribution in [0.2, 0.25) is 0 Å². The molecule has 0 bridgehead atoms. The molecule has 1 aliphatic rings. The Bertz CT molecular complexity index is 591. The van der Waals surface area contributed by atoms with Crippen molar-refractivity contribution >= 4 is 5.57 Å². The van der Waals surface area contributed by atoms with E-state index < -0.39 is 5.54 Å². The molecule has 0 fully saturated rings. The normalized spacial score (nSPS) is 22.4. The largest absolute Gasteiger partial charge is 0.758 e. The van der Waals surface area contributed by atoms with Gasteiger partial charge in [-0.2, -0.15) is 0 Å². The summed E-state index contributed by atoms with van der Waals surface area (Å²) in [4.78, 5) is 0. The van der Waals surface area contributed by atoms with Crippen molar-refractivity contribution in [3.8, 4) is 0 Å². The summed E-state index contributed by atoms with van der Waals surface area (Å²) in [6.07, 6.45) is 2.47. The van der Waals surface area contributed by atoms with Crippen LogP contribution in [-0.2, 0) is 5.54 Å². The highest BCUT2D eigenvalue weighted by Crippen LogP contribution is 2.43. The highest BCUT2D eigenvalue weighted by atomic mass is 16.5. The standard InChI is InChI=1S/C17H16NO/c1-17(16-10-6-3-7-11-16)12-15(13-18(17)19)14-8-4-2-5-9-14/h2-11,13H,12H2,1H3/q-1. The van der Waals surface area contributed by atoms with E-state index in [4.69, 9.17) is 0 Å². The average Bonchev–Trinajstić information content (AvgIpc) is 2.78. The first-order chi connectivity index (χ1) is 9.20. The zero-order chi connectivity index (χ0) is 13.3. The van der Waals surface area contributed by atoms with E-state index in [2.05, 4.69) is 12.1 Å². The van der Waals surface area contributed by atoms with E-state index in [1.165, 1.54) is 0 Å².